The van der Waals surface area contributed by atoms with E-state index in [4.69, 9.17) is 4.98 Å². The molecule has 4 bridgehead atoms. The number of hydrogen-bond acceptors (Lipinski definition) is 3. The minimum atomic E-state index is 0. The van der Waals surface area contributed by atoms with Gasteiger partial charge in [-0.05, 0) is 61.8 Å². The van der Waals surface area contributed by atoms with E-state index in [1.165, 1.54) is 44.2 Å². The van der Waals surface area contributed by atoms with E-state index < -0.39 is 0 Å². The van der Waals surface area contributed by atoms with Crippen LogP contribution in [0, 0.1) is 17.8 Å². The third kappa shape index (κ3) is 3.86. The Morgan fingerprint density at radius 3 is 2.33 bits per heavy atom. The Morgan fingerprint density at radius 2 is 1.70 bits per heavy atom. The average Bonchev–Trinajstić information content (AvgIpc) is 3.09. The molecule has 27 heavy (non-hydrogen) atoms. The number of nitrogens with zero attached hydrogens (tertiary/aromatic N) is 1. The molecule has 1 heterocycles. The van der Waals surface area contributed by atoms with Gasteiger partial charge in [-0.3, -0.25) is 4.79 Å². The van der Waals surface area contributed by atoms with Crippen LogP contribution in [0.25, 0.3) is 0 Å². The number of aromatic nitrogens is 1. The van der Waals surface area contributed by atoms with E-state index in [0.717, 1.165) is 28.3 Å². The lowest BCUT2D eigenvalue weighted by atomic mass is 9.49. The summed E-state index contributed by atoms with van der Waals surface area (Å²) >= 11 is 1.68. The van der Waals surface area contributed by atoms with Crippen molar-refractivity contribution in [3.05, 3.63) is 52.0 Å². The highest BCUT2D eigenvalue weighted by molar-refractivity contribution is 8.93. The van der Waals surface area contributed by atoms with Crippen LogP contribution < -0.4 is 5.32 Å². The van der Waals surface area contributed by atoms with E-state index in [9.17, 15) is 4.79 Å². The first-order valence-electron chi connectivity index (χ1n) is 9.94. The molecule has 2 aromatic rings. The average molecular weight is 447 g/mol. The molecule has 1 aromatic heterocycles. The van der Waals surface area contributed by atoms with Crippen molar-refractivity contribution >= 4 is 34.2 Å². The SMILES string of the molecule is Br.O=C(Cc1nc(C23CC4CC(CC(C4)C2)C3)cs1)NCc1ccccc1. The van der Waals surface area contributed by atoms with Crippen molar-refractivity contribution in [3.63, 3.8) is 0 Å². The van der Waals surface area contributed by atoms with Crippen molar-refractivity contribution in [3.8, 4) is 0 Å². The summed E-state index contributed by atoms with van der Waals surface area (Å²) < 4.78 is 0. The van der Waals surface area contributed by atoms with Crippen LogP contribution in [0.15, 0.2) is 35.7 Å². The summed E-state index contributed by atoms with van der Waals surface area (Å²) in [5.41, 5.74) is 2.77. The molecule has 144 valence electrons. The maximum Gasteiger partial charge on any atom is 0.227 e. The van der Waals surface area contributed by atoms with Crippen LogP contribution in [0.1, 0.15) is 54.8 Å². The zero-order valence-electron chi connectivity index (χ0n) is 15.5. The van der Waals surface area contributed by atoms with Gasteiger partial charge in [-0.25, -0.2) is 4.98 Å². The lowest BCUT2D eigenvalue weighted by molar-refractivity contribution is -0.120. The van der Waals surface area contributed by atoms with E-state index in [0.29, 0.717) is 18.4 Å². The Labute approximate surface area is 175 Å². The number of amides is 1. The largest absolute Gasteiger partial charge is 0.352 e. The fourth-order valence-electron chi connectivity index (χ4n) is 6.06. The second kappa shape index (κ2) is 7.67. The lowest BCUT2D eigenvalue weighted by Crippen LogP contribution is -2.48. The summed E-state index contributed by atoms with van der Waals surface area (Å²) in [6, 6.07) is 10.1. The Kier molecular flexibility index (Phi) is 5.43. The molecule has 4 saturated carbocycles. The number of thiazole rings is 1. The van der Waals surface area contributed by atoms with E-state index in [1.54, 1.807) is 11.3 Å². The predicted octanol–water partition coefficient (Wildman–Crippen LogP) is 5.05. The number of benzene rings is 1. The zero-order chi connectivity index (χ0) is 17.6. The number of carbonyl (C=O) groups is 1. The Balaban J connectivity index is 0.00000180. The summed E-state index contributed by atoms with van der Waals surface area (Å²) in [5.74, 6) is 2.86. The van der Waals surface area contributed by atoms with Crippen LogP contribution >= 0.6 is 28.3 Å². The van der Waals surface area contributed by atoms with E-state index in [2.05, 4.69) is 10.7 Å². The molecule has 0 unspecified atom stereocenters. The molecular formula is C22H27BrN2OS. The molecule has 0 atom stereocenters. The van der Waals surface area contributed by atoms with Gasteiger partial charge in [0.15, 0.2) is 0 Å². The minimum absolute atomic E-state index is 0. The number of carbonyl (C=O) groups excluding carboxylic acids is 1. The Bertz CT molecular complexity index is 768. The lowest BCUT2D eigenvalue weighted by Gasteiger charge is -2.56. The van der Waals surface area contributed by atoms with Crippen molar-refractivity contribution in [2.24, 2.45) is 17.8 Å². The maximum absolute atomic E-state index is 12.3. The molecular weight excluding hydrogens is 420 g/mol. The van der Waals surface area contributed by atoms with Crippen molar-refractivity contribution < 1.29 is 4.79 Å². The van der Waals surface area contributed by atoms with Gasteiger partial charge in [-0.2, -0.15) is 0 Å². The van der Waals surface area contributed by atoms with Crippen molar-refractivity contribution in [1.82, 2.24) is 10.3 Å². The molecule has 0 saturated heterocycles. The van der Waals surface area contributed by atoms with E-state index in [1.807, 2.05) is 30.3 Å². The van der Waals surface area contributed by atoms with Crippen LogP contribution in [0.2, 0.25) is 0 Å². The number of halogens is 1. The van der Waals surface area contributed by atoms with E-state index >= 15 is 0 Å². The van der Waals surface area contributed by atoms with Crippen LogP contribution in [-0.2, 0) is 23.2 Å². The van der Waals surface area contributed by atoms with Crippen molar-refractivity contribution in [2.45, 2.75) is 56.9 Å². The minimum Gasteiger partial charge on any atom is -0.352 e. The monoisotopic (exact) mass is 446 g/mol. The number of nitrogens with one attached hydrogen (secondary N) is 1. The molecule has 3 nitrogen and oxygen atoms in total. The highest BCUT2D eigenvalue weighted by Crippen LogP contribution is 2.60. The van der Waals surface area contributed by atoms with E-state index in [-0.39, 0.29) is 22.9 Å². The molecule has 4 fully saturated rings. The molecule has 1 amide bonds. The topological polar surface area (TPSA) is 42.0 Å². The number of rotatable bonds is 5. The van der Waals surface area contributed by atoms with Gasteiger partial charge in [-0.15, -0.1) is 28.3 Å². The van der Waals surface area contributed by atoms with Gasteiger partial charge in [0.1, 0.15) is 5.01 Å². The molecule has 5 heteroatoms. The second-order valence-corrected chi connectivity index (χ2v) is 9.71. The van der Waals surface area contributed by atoms with Crippen LogP contribution in [0.3, 0.4) is 0 Å². The molecule has 0 radical (unpaired) electrons. The fourth-order valence-corrected chi connectivity index (χ4v) is 6.97. The normalized spacial score (nSPS) is 30.7. The maximum atomic E-state index is 12.3. The standard InChI is InChI=1S/C22H26N2OS.BrH/c25-20(23-13-15-4-2-1-3-5-15)9-21-24-19(14-26-21)22-10-16-6-17(11-22)8-18(7-16)12-22;/h1-5,14,16-18H,6-13H2,(H,23,25);1H. The summed E-state index contributed by atoms with van der Waals surface area (Å²) in [5, 5.41) is 6.25. The Hall–Kier alpha value is -1.20. The van der Waals surface area contributed by atoms with Crippen LogP contribution in [0.5, 0.6) is 0 Å². The molecule has 4 aliphatic carbocycles. The highest BCUT2D eigenvalue weighted by Gasteiger charge is 2.52. The van der Waals surface area contributed by atoms with Gasteiger partial charge in [0.25, 0.3) is 0 Å². The van der Waals surface area contributed by atoms with Gasteiger partial charge in [0.2, 0.25) is 5.91 Å². The molecule has 4 aliphatic rings. The first-order valence-corrected chi connectivity index (χ1v) is 10.8. The van der Waals surface area contributed by atoms with Crippen LogP contribution in [-0.4, -0.2) is 10.9 Å². The fraction of sp³-hybridized carbons (Fsp3) is 0.545. The first kappa shape index (κ1) is 19.1. The molecule has 6 rings (SSSR count). The van der Waals surface area contributed by atoms with Crippen molar-refractivity contribution in [2.75, 3.05) is 0 Å². The quantitative estimate of drug-likeness (QED) is 0.697. The van der Waals surface area contributed by atoms with Gasteiger partial charge in [0, 0.05) is 17.3 Å². The molecule has 0 aliphatic heterocycles. The summed E-state index contributed by atoms with van der Waals surface area (Å²) in [4.78, 5) is 17.3. The predicted molar refractivity (Wildman–Crippen MR) is 114 cm³/mol. The highest BCUT2D eigenvalue weighted by atomic mass is 79.9. The molecule has 1 N–H and O–H groups in total. The van der Waals surface area contributed by atoms with Gasteiger partial charge < -0.3 is 5.32 Å². The Morgan fingerprint density at radius 1 is 1.07 bits per heavy atom. The summed E-state index contributed by atoms with van der Waals surface area (Å²) in [6.07, 6.45) is 8.78. The second-order valence-electron chi connectivity index (χ2n) is 8.76. The third-order valence-electron chi connectivity index (χ3n) is 6.78. The van der Waals surface area contributed by atoms with Gasteiger partial charge in [0.05, 0.1) is 12.1 Å². The zero-order valence-corrected chi connectivity index (χ0v) is 18.1. The summed E-state index contributed by atoms with van der Waals surface area (Å²) in [7, 11) is 0. The van der Waals surface area contributed by atoms with Crippen molar-refractivity contribution in [1.29, 1.82) is 0 Å². The van der Waals surface area contributed by atoms with Gasteiger partial charge in [-0.1, -0.05) is 30.3 Å². The molecule has 1 aromatic carbocycles. The van der Waals surface area contributed by atoms with Gasteiger partial charge >= 0.3 is 0 Å². The first-order chi connectivity index (χ1) is 12.7. The molecule has 0 spiro atoms. The number of hydrogen-bond donors (Lipinski definition) is 1. The smallest absolute Gasteiger partial charge is 0.227 e. The third-order valence-corrected chi connectivity index (χ3v) is 7.63. The summed E-state index contributed by atoms with van der Waals surface area (Å²) in [6.45, 7) is 0.590. The van der Waals surface area contributed by atoms with Crippen LogP contribution in [0.4, 0.5) is 0 Å².